The van der Waals surface area contributed by atoms with Crippen LogP contribution in [0, 0.1) is 0 Å². The van der Waals surface area contributed by atoms with Gasteiger partial charge in [0.1, 0.15) is 11.6 Å². The van der Waals surface area contributed by atoms with Gasteiger partial charge in [0, 0.05) is 17.9 Å². The Labute approximate surface area is 139 Å². The predicted molar refractivity (Wildman–Crippen MR) is 85.7 cm³/mol. The van der Waals surface area contributed by atoms with Crippen molar-refractivity contribution < 1.29 is 24.2 Å². The van der Waals surface area contributed by atoms with E-state index in [4.69, 9.17) is 4.74 Å². The molecule has 0 spiro atoms. The second kappa shape index (κ2) is 6.60. The smallest absolute Gasteiger partial charge is 0.329 e. The predicted octanol–water partition coefficient (Wildman–Crippen LogP) is 1.54. The third kappa shape index (κ3) is 3.26. The molecule has 1 aromatic carbocycles. The highest BCUT2D eigenvalue weighted by Crippen LogP contribution is 2.32. The van der Waals surface area contributed by atoms with Crippen molar-refractivity contribution in [3.05, 3.63) is 29.8 Å². The number of rotatable bonds is 5. The summed E-state index contributed by atoms with van der Waals surface area (Å²) in [6, 6.07) is 6.45. The highest BCUT2D eigenvalue weighted by Gasteiger charge is 2.45. The molecular formula is C17H20N2O5. The number of carbonyl (C=O) groups is 3. The fourth-order valence-corrected chi connectivity index (χ4v) is 2.96. The van der Waals surface area contributed by atoms with Crippen LogP contribution < -0.4 is 10.6 Å². The largest absolute Gasteiger partial charge is 0.480 e. The topological polar surface area (TPSA) is 105 Å². The van der Waals surface area contributed by atoms with Crippen molar-refractivity contribution in [3.63, 3.8) is 0 Å². The van der Waals surface area contributed by atoms with Crippen LogP contribution in [0.5, 0.6) is 0 Å². The summed E-state index contributed by atoms with van der Waals surface area (Å²) in [5, 5.41) is 14.6. The van der Waals surface area contributed by atoms with E-state index in [0.717, 1.165) is 12.8 Å². The zero-order valence-electron chi connectivity index (χ0n) is 13.2. The number of nitrogens with one attached hydrogen (secondary N) is 2. The first-order valence-electron chi connectivity index (χ1n) is 8.09. The Bertz CT molecular complexity index is 663. The summed E-state index contributed by atoms with van der Waals surface area (Å²) < 4.78 is 5.32. The Morgan fingerprint density at radius 2 is 2.00 bits per heavy atom. The third-order valence-electron chi connectivity index (χ3n) is 4.58. The Morgan fingerprint density at radius 3 is 2.58 bits per heavy atom. The maximum absolute atomic E-state index is 12.3. The van der Waals surface area contributed by atoms with E-state index in [0.29, 0.717) is 37.1 Å². The number of aliphatic carboxylic acids is 1. The van der Waals surface area contributed by atoms with Crippen LogP contribution in [0.3, 0.4) is 0 Å². The maximum atomic E-state index is 12.3. The number of carboxylic acids is 1. The summed E-state index contributed by atoms with van der Waals surface area (Å²) in [4.78, 5) is 35.7. The molecule has 3 rings (SSSR count). The van der Waals surface area contributed by atoms with E-state index < -0.39 is 23.5 Å². The van der Waals surface area contributed by atoms with Gasteiger partial charge in [-0.15, -0.1) is 0 Å². The number of amides is 2. The molecule has 1 aliphatic heterocycles. The molecule has 0 radical (unpaired) electrons. The number of ether oxygens (including phenoxy) is 1. The van der Waals surface area contributed by atoms with E-state index in [-0.39, 0.29) is 5.91 Å². The second-order valence-corrected chi connectivity index (χ2v) is 6.27. The minimum absolute atomic E-state index is 0.231. The molecule has 24 heavy (non-hydrogen) atoms. The lowest BCUT2D eigenvalue weighted by Gasteiger charge is -2.38. The summed E-state index contributed by atoms with van der Waals surface area (Å²) in [5.74, 6) is -1.69. The molecule has 0 bridgehead atoms. The zero-order valence-corrected chi connectivity index (χ0v) is 13.2. The molecule has 7 nitrogen and oxygen atoms in total. The van der Waals surface area contributed by atoms with Gasteiger partial charge in [-0.05, 0) is 50.3 Å². The number of hydrogen-bond acceptors (Lipinski definition) is 4. The van der Waals surface area contributed by atoms with Crippen molar-refractivity contribution in [1.29, 1.82) is 0 Å². The van der Waals surface area contributed by atoms with E-state index in [2.05, 4.69) is 10.6 Å². The van der Waals surface area contributed by atoms with Crippen molar-refractivity contribution in [2.45, 2.75) is 43.7 Å². The van der Waals surface area contributed by atoms with Crippen LogP contribution in [0.25, 0.3) is 0 Å². The molecule has 1 aliphatic carbocycles. The van der Waals surface area contributed by atoms with E-state index in [1.54, 1.807) is 18.2 Å². The fourth-order valence-electron chi connectivity index (χ4n) is 2.96. The van der Waals surface area contributed by atoms with Crippen LogP contribution in [-0.4, -0.2) is 41.1 Å². The lowest BCUT2D eigenvalue weighted by molar-refractivity contribution is -0.148. The summed E-state index contributed by atoms with van der Waals surface area (Å²) in [7, 11) is 0. The van der Waals surface area contributed by atoms with E-state index in [1.165, 1.54) is 6.07 Å². The number of carboxylic acid groups (broad SMARTS) is 1. The van der Waals surface area contributed by atoms with Crippen molar-refractivity contribution in [1.82, 2.24) is 5.32 Å². The second-order valence-electron chi connectivity index (χ2n) is 6.27. The highest BCUT2D eigenvalue weighted by molar-refractivity contribution is 6.00. The molecule has 1 aromatic rings. The van der Waals surface area contributed by atoms with Crippen LogP contribution in [0.15, 0.2) is 24.3 Å². The SMILES string of the molecule is O=C(NC1(C(=O)O)CCC1)c1cccc(NC(=O)C2CCCO2)c1. The van der Waals surface area contributed by atoms with Gasteiger partial charge in [0.15, 0.2) is 0 Å². The van der Waals surface area contributed by atoms with E-state index in [1.807, 2.05) is 0 Å². The fraction of sp³-hybridized carbons (Fsp3) is 0.471. The quantitative estimate of drug-likeness (QED) is 0.758. The van der Waals surface area contributed by atoms with Crippen LogP contribution in [0.4, 0.5) is 5.69 Å². The van der Waals surface area contributed by atoms with Crippen molar-refractivity contribution in [2.24, 2.45) is 0 Å². The van der Waals surface area contributed by atoms with Crippen LogP contribution in [0.1, 0.15) is 42.5 Å². The molecule has 128 valence electrons. The van der Waals surface area contributed by atoms with E-state index in [9.17, 15) is 19.5 Å². The monoisotopic (exact) mass is 332 g/mol. The maximum Gasteiger partial charge on any atom is 0.329 e. The molecule has 7 heteroatoms. The third-order valence-corrected chi connectivity index (χ3v) is 4.58. The van der Waals surface area contributed by atoms with Gasteiger partial charge in [-0.3, -0.25) is 9.59 Å². The molecule has 1 atom stereocenters. The Balaban J connectivity index is 1.67. The average Bonchev–Trinajstić information content (AvgIpc) is 3.05. The van der Waals surface area contributed by atoms with Gasteiger partial charge >= 0.3 is 5.97 Å². The zero-order chi connectivity index (χ0) is 17.2. The van der Waals surface area contributed by atoms with Crippen LogP contribution >= 0.6 is 0 Å². The standard InChI is InChI=1S/C17H20N2O5/c20-14(19-17(16(22)23)7-3-8-17)11-4-1-5-12(10-11)18-15(21)13-6-2-9-24-13/h1,4-5,10,13H,2-3,6-9H2,(H,18,21)(H,19,20)(H,22,23). The lowest BCUT2D eigenvalue weighted by Crippen LogP contribution is -2.59. The minimum Gasteiger partial charge on any atom is -0.480 e. The molecule has 2 fully saturated rings. The van der Waals surface area contributed by atoms with Crippen molar-refractivity contribution in [2.75, 3.05) is 11.9 Å². The van der Waals surface area contributed by atoms with Gasteiger partial charge in [0.25, 0.3) is 11.8 Å². The molecule has 2 amide bonds. The summed E-state index contributed by atoms with van der Waals surface area (Å²) >= 11 is 0. The first-order valence-corrected chi connectivity index (χ1v) is 8.09. The van der Waals surface area contributed by atoms with Crippen molar-refractivity contribution >= 4 is 23.5 Å². The number of anilines is 1. The van der Waals surface area contributed by atoms with Gasteiger partial charge in [-0.2, -0.15) is 0 Å². The van der Waals surface area contributed by atoms with Crippen LogP contribution in [0.2, 0.25) is 0 Å². The molecular weight excluding hydrogens is 312 g/mol. The first-order chi connectivity index (χ1) is 11.5. The highest BCUT2D eigenvalue weighted by atomic mass is 16.5. The molecule has 1 saturated carbocycles. The van der Waals surface area contributed by atoms with Gasteiger partial charge in [0.2, 0.25) is 0 Å². The minimum atomic E-state index is -1.16. The molecule has 0 aromatic heterocycles. The number of carbonyl (C=O) groups excluding carboxylic acids is 2. The van der Waals surface area contributed by atoms with Gasteiger partial charge in [-0.1, -0.05) is 6.07 Å². The Kier molecular flexibility index (Phi) is 4.53. The molecule has 3 N–H and O–H groups in total. The summed E-state index contributed by atoms with van der Waals surface area (Å²) in [6.45, 7) is 0.581. The Morgan fingerprint density at radius 1 is 1.21 bits per heavy atom. The molecule has 1 heterocycles. The van der Waals surface area contributed by atoms with Gasteiger partial charge in [-0.25, -0.2) is 4.79 Å². The number of benzene rings is 1. The van der Waals surface area contributed by atoms with Crippen molar-refractivity contribution in [3.8, 4) is 0 Å². The first kappa shape index (κ1) is 16.4. The number of hydrogen-bond donors (Lipinski definition) is 3. The molecule has 1 saturated heterocycles. The molecule has 1 unspecified atom stereocenters. The van der Waals surface area contributed by atoms with Gasteiger partial charge in [0.05, 0.1) is 0 Å². The van der Waals surface area contributed by atoms with E-state index >= 15 is 0 Å². The normalized spacial score (nSPS) is 21.6. The van der Waals surface area contributed by atoms with Gasteiger partial charge < -0.3 is 20.5 Å². The Hall–Kier alpha value is -2.41. The summed E-state index contributed by atoms with van der Waals surface area (Å²) in [6.07, 6.45) is 2.75. The summed E-state index contributed by atoms with van der Waals surface area (Å²) in [5.41, 5.74) is -0.359. The lowest BCUT2D eigenvalue weighted by atomic mass is 9.76. The molecule has 2 aliphatic rings. The van der Waals surface area contributed by atoms with Crippen LogP contribution in [-0.2, 0) is 14.3 Å². The average molecular weight is 332 g/mol.